The Kier molecular flexibility index (Phi) is 7.51. The lowest BCUT2D eigenvalue weighted by Gasteiger charge is -2.26. The molecule has 4 rings (SSSR count). The number of hydrogen-bond acceptors (Lipinski definition) is 6. The molecule has 1 aliphatic heterocycles. The normalized spacial score (nSPS) is 15.3. The average molecular weight is 491 g/mol. The average Bonchev–Trinajstić information content (AvgIpc) is 3.20. The number of nitrogens with zero attached hydrogens (tertiary/aromatic N) is 4. The van der Waals surface area contributed by atoms with Crippen LogP contribution in [0.1, 0.15) is 25.2 Å². The molecule has 0 radical (unpaired) electrons. The molecule has 2 aromatic carbocycles. The number of fused-ring (bicyclic) bond motifs is 1. The molecule has 0 bridgehead atoms. The van der Waals surface area contributed by atoms with Gasteiger partial charge in [0.05, 0.1) is 42.8 Å². The highest BCUT2D eigenvalue weighted by molar-refractivity contribution is 7.89. The second kappa shape index (κ2) is 10.4. The molecule has 34 heavy (non-hydrogen) atoms. The summed E-state index contributed by atoms with van der Waals surface area (Å²) >= 11 is 0. The number of methoxy groups -OCH3 is 1. The summed E-state index contributed by atoms with van der Waals surface area (Å²) in [4.78, 5) is 7.21. The molecule has 3 aromatic rings. The van der Waals surface area contributed by atoms with Crippen molar-refractivity contribution >= 4 is 21.1 Å². The van der Waals surface area contributed by atoms with Crippen LogP contribution in [0.15, 0.2) is 41.3 Å². The maximum atomic E-state index is 14.1. The Balaban J connectivity index is 1.59. The number of halogens is 1. The Labute approximate surface area is 199 Å². The van der Waals surface area contributed by atoms with Gasteiger partial charge in [-0.15, -0.1) is 0 Å². The third-order valence-electron chi connectivity index (χ3n) is 6.16. The van der Waals surface area contributed by atoms with Crippen LogP contribution in [-0.2, 0) is 34.4 Å². The summed E-state index contributed by atoms with van der Waals surface area (Å²) in [5.74, 6) is 0.683. The van der Waals surface area contributed by atoms with Crippen molar-refractivity contribution < 1.29 is 22.3 Å². The van der Waals surface area contributed by atoms with E-state index in [9.17, 15) is 12.8 Å². The first-order valence-electron chi connectivity index (χ1n) is 11.5. The lowest BCUT2D eigenvalue weighted by molar-refractivity contribution is 0.0730. The highest BCUT2D eigenvalue weighted by Gasteiger charge is 2.27. The number of ether oxygens (including phenoxy) is 2. The van der Waals surface area contributed by atoms with Crippen molar-refractivity contribution in [3.05, 3.63) is 53.6 Å². The predicted octanol–water partition coefficient (Wildman–Crippen LogP) is 3.25. The van der Waals surface area contributed by atoms with E-state index in [0.29, 0.717) is 51.5 Å². The van der Waals surface area contributed by atoms with E-state index in [1.165, 1.54) is 17.5 Å². The molecule has 0 saturated carbocycles. The van der Waals surface area contributed by atoms with Gasteiger partial charge in [0.1, 0.15) is 5.82 Å². The summed E-state index contributed by atoms with van der Waals surface area (Å²) in [5, 5.41) is 0. The molecule has 0 N–H and O–H groups in total. The lowest BCUT2D eigenvalue weighted by atomic mass is 10.2. The first-order valence-corrected chi connectivity index (χ1v) is 12.9. The maximum absolute atomic E-state index is 14.1. The Bertz CT molecular complexity index is 1260. The fraction of sp³-hybridized carbons (Fsp3) is 0.458. The molecule has 0 spiro atoms. The zero-order valence-electron chi connectivity index (χ0n) is 19.8. The van der Waals surface area contributed by atoms with Gasteiger partial charge in [-0.3, -0.25) is 4.90 Å². The molecule has 0 atom stereocenters. The molecule has 0 unspecified atom stereocenters. The van der Waals surface area contributed by atoms with E-state index >= 15 is 0 Å². The molecule has 1 aliphatic rings. The van der Waals surface area contributed by atoms with E-state index in [1.807, 2.05) is 26.0 Å². The quantitative estimate of drug-likeness (QED) is 0.458. The molecule has 0 aliphatic carbocycles. The topological polar surface area (TPSA) is 76.9 Å². The fourth-order valence-corrected chi connectivity index (χ4v) is 5.70. The van der Waals surface area contributed by atoms with E-state index in [0.717, 1.165) is 23.4 Å². The highest BCUT2D eigenvalue weighted by atomic mass is 32.2. The minimum absolute atomic E-state index is 0.224. The second-order valence-electron chi connectivity index (χ2n) is 8.21. The summed E-state index contributed by atoms with van der Waals surface area (Å²) in [6, 6.07) is 10.1. The van der Waals surface area contributed by atoms with Crippen LogP contribution in [0.2, 0.25) is 0 Å². The molecule has 10 heteroatoms. The van der Waals surface area contributed by atoms with E-state index in [1.54, 1.807) is 18.2 Å². The van der Waals surface area contributed by atoms with Gasteiger partial charge in [0.15, 0.2) is 11.6 Å². The molecular formula is C24H31FN4O4S. The number of aromatic nitrogens is 2. The third-order valence-corrected chi connectivity index (χ3v) is 8.05. The third kappa shape index (κ3) is 4.95. The number of rotatable bonds is 9. The van der Waals surface area contributed by atoms with Gasteiger partial charge < -0.3 is 14.0 Å². The van der Waals surface area contributed by atoms with Crippen molar-refractivity contribution in [1.29, 1.82) is 0 Å². The largest absolute Gasteiger partial charge is 0.494 e. The lowest BCUT2D eigenvalue weighted by Crippen LogP contribution is -2.40. The summed E-state index contributed by atoms with van der Waals surface area (Å²) in [6.07, 6.45) is 0. The van der Waals surface area contributed by atoms with Gasteiger partial charge in [0.25, 0.3) is 0 Å². The van der Waals surface area contributed by atoms with Crippen LogP contribution in [0, 0.1) is 5.82 Å². The van der Waals surface area contributed by atoms with Gasteiger partial charge >= 0.3 is 0 Å². The Morgan fingerprint density at radius 3 is 2.53 bits per heavy atom. The van der Waals surface area contributed by atoms with Gasteiger partial charge in [-0.05, 0) is 49.4 Å². The van der Waals surface area contributed by atoms with Crippen LogP contribution in [-0.4, -0.2) is 67.1 Å². The Hall–Kier alpha value is -2.53. The second-order valence-corrected chi connectivity index (χ2v) is 10.1. The van der Waals surface area contributed by atoms with Gasteiger partial charge in [0, 0.05) is 26.2 Å². The van der Waals surface area contributed by atoms with Crippen molar-refractivity contribution in [2.24, 2.45) is 0 Å². The standard InChI is InChI=1S/C24H31FN4O4S/c1-4-27(16-18-6-9-23(32-3)20(25)14-18)17-24-26-21-15-19(7-8-22(21)29(24)5-2)34(30,31)28-10-12-33-13-11-28/h6-9,14-15H,4-5,10-13,16-17H2,1-3H3. The van der Waals surface area contributed by atoms with Crippen LogP contribution in [0.25, 0.3) is 11.0 Å². The van der Waals surface area contributed by atoms with Gasteiger partial charge in [0.2, 0.25) is 10.0 Å². The van der Waals surface area contributed by atoms with E-state index in [-0.39, 0.29) is 16.5 Å². The molecule has 1 saturated heterocycles. The van der Waals surface area contributed by atoms with Crippen molar-refractivity contribution in [3.8, 4) is 5.75 Å². The number of benzene rings is 2. The van der Waals surface area contributed by atoms with E-state index in [4.69, 9.17) is 14.5 Å². The monoisotopic (exact) mass is 490 g/mol. The van der Waals surface area contributed by atoms with Crippen LogP contribution >= 0.6 is 0 Å². The molecule has 8 nitrogen and oxygen atoms in total. The SMILES string of the molecule is CCN(Cc1ccc(OC)c(F)c1)Cc1nc2cc(S(=O)(=O)N3CCOCC3)ccc2n1CC. The summed E-state index contributed by atoms with van der Waals surface area (Å²) in [5.41, 5.74) is 2.39. The Morgan fingerprint density at radius 1 is 1.12 bits per heavy atom. The molecule has 1 fully saturated rings. The summed E-state index contributed by atoms with van der Waals surface area (Å²) in [7, 11) is -2.15. The smallest absolute Gasteiger partial charge is 0.243 e. The van der Waals surface area contributed by atoms with Crippen LogP contribution in [0.3, 0.4) is 0 Å². The number of hydrogen-bond donors (Lipinski definition) is 0. The van der Waals surface area contributed by atoms with Gasteiger partial charge in [-0.1, -0.05) is 13.0 Å². The zero-order valence-corrected chi connectivity index (χ0v) is 20.6. The van der Waals surface area contributed by atoms with E-state index in [2.05, 4.69) is 9.47 Å². The number of aryl methyl sites for hydroxylation is 1. The zero-order chi connectivity index (χ0) is 24.3. The number of imidazole rings is 1. The van der Waals surface area contributed by atoms with Crippen LogP contribution in [0.5, 0.6) is 5.75 Å². The highest BCUT2D eigenvalue weighted by Crippen LogP contribution is 2.25. The Morgan fingerprint density at radius 2 is 1.88 bits per heavy atom. The number of morpholine rings is 1. The predicted molar refractivity (Wildman–Crippen MR) is 128 cm³/mol. The van der Waals surface area contributed by atoms with Crippen LogP contribution < -0.4 is 4.74 Å². The van der Waals surface area contributed by atoms with Gasteiger partial charge in [-0.25, -0.2) is 17.8 Å². The molecule has 0 amide bonds. The fourth-order valence-electron chi connectivity index (χ4n) is 4.28. The molecule has 2 heterocycles. The van der Waals surface area contributed by atoms with Gasteiger partial charge in [-0.2, -0.15) is 4.31 Å². The van der Waals surface area contributed by atoms with Crippen LogP contribution in [0.4, 0.5) is 4.39 Å². The maximum Gasteiger partial charge on any atom is 0.243 e. The van der Waals surface area contributed by atoms with Crippen molar-refractivity contribution in [3.63, 3.8) is 0 Å². The van der Waals surface area contributed by atoms with Crippen molar-refractivity contribution in [1.82, 2.24) is 18.8 Å². The van der Waals surface area contributed by atoms with Crippen molar-refractivity contribution in [2.75, 3.05) is 40.0 Å². The first-order chi connectivity index (χ1) is 16.4. The first kappa shape index (κ1) is 24.6. The summed E-state index contributed by atoms with van der Waals surface area (Å²) in [6.45, 7) is 8.16. The molecule has 1 aromatic heterocycles. The van der Waals surface area contributed by atoms with E-state index < -0.39 is 10.0 Å². The molecule has 184 valence electrons. The van der Waals surface area contributed by atoms with Crippen molar-refractivity contribution in [2.45, 2.75) is 38.4 Å². The molecular weight excluding hydrogens is 459 g/mol. The number of sulfonamides is 1. The minimum Gasteiger partial charge on any atom is -0.494 e. The summed E-state index contributed by atoms with van der Waals surface area (Å²) < 4.78 is 54.2. The minimum atomic E-state index is -3.59.